The molecule has 0 saturated carbocycles. The number of benzene rings is 1. The fraction of sp³-hybridized carbons (Fsp3) is 0.571. The van der Waals surface area contributed by atoms with Gasteiger partial charge in [-0.25, -0.2) is 0 Å². The van der Waals surface area contributed by atoms with Crippen LogP contribution in [-0.2, 0) is 24.3 Å². The van der Waals surface area contributed by atoms with Crippen LogP contribution >= 0.6 is 0 Å². The maximum Gasteiger partial charge on any atom is 0.223 e. The van der Waals surface area contributed by atoms with Gasteiger partial charge in [0, 0.05) is 44.1 Å². The zero-order valence-electron chi connectivity index (χ0n) is 17.9. The van der Waals surface area contributed by atoms with Gasteiger partial charge >= 0.3 is 0 Å². The highest BCUT2D eigenvalue weighted by molar-refractivity contribution is 5.78. The molecule has 0 radical (unpaired) electrons. The molecule has 1 aliphatic rings. The summed E-state index contributed by atoms with van der Waals surface area (Å²) in [6.07, 6.45) is 0.810. The van der Waals surface area contributed by atoms with Crippen LogP contribution in [0.5, 0.6) is 11.5 Å². The number of amides is 1. The van der Waals surface area contributed by atoms with Crippen molar-refractivity contribution in [3.05, 3.63) is 35.4 Å². The first-order chi connectivity index (χ1) is 13.9. The van der Waals surface area contributed by atoms with Gasteiger partial charge in [0.1, 0.15) is 5.82 Å². The van der Waals surface area contributed by atoms with Gasteiger partial charge in [-0.15, -0.1) is 10.2 Å². The molecule has 0 saturated heterocycles. The number of nitrogens with one attached hydrogen (secondary N) is 1. The number of aromatic nitrogens is 3. The van der Waals surface area contributed by atoms with E-state index in [9.17, 15) is 4.79 Å². The van der Waals surface area contributed by atoms with Crippen LogP contribution in [0.25, 0.3) is 0 Å². The molecule has 1 aromatic carbocycles. The number of hydrogen-bond donors (Lipinski definition) is 1. The van der Waals surface area contributed by atoms with Crippen molar-refractivity contribution in [2.75, 3.05) is 27.3 Å². The molecule has 3 rings (SSSR count). The molecule has 2 heterocycles. The molecule has 1 atom stereocenters. The van der Waals surface area contributed by atoms with Gasteiger partial charge in [-0.3, -0.25) is 9.69 Å². The molecule has 1 amide bonds. The summed E-state index contributed by atoms with van der Waals surface area (Å²) in [4.78, 5) is 14.4. The summed E-state index contributed by atoms with van der Waals surface area (Å²) >= 11 is 0. The Labute approximate surface area is 172 Å². The van der Waals surface area contributed by atoms with Gasteiger partial charge in [0.05, 0.1) is 20.3 Å². The fourth-order valence-electron chi connectivity index (χ4n) is 3.63. The van der Waals surface area contributed by atoms with E-state index in [0.29, 0.717) is 0 Å². The molecule has 1 aliphatic heterocycles. The van der Waals surface area contributed by atoms with E-state index in [1.165, 1.54) is 0 Å². The molecule has 0 aliphatic carbocycles. The summed E-state index contributed by atoms with van der Waals surface area (Å²) in [7, 11) is 3.32. The number of fused-ring (bicyclic) bond motifs is 1. The maximum atomic E-state index is 12.1. The molecule has 0 unspecified atom stereocenters. The van der Waals surface area contributed by atoms with E-state index >= 15 is 0 Å². The van der Waals surface area contributed by atoms with Crippen LogP contribution in [0.4, 0.5) is 0 Å². The molecule has 1 aromatic heterocycles. The van der Waals surface area contributed by atoms with E-state index in [1.54, 1.807) is 14.2 Å². The third-order valence-corrected chi connectivity index (χ3v) is 5.30. The molecule has 0 spiro atoms. The Kier molecular flexibility index (Phi) is 6.74. The Hall–Kier alpha value is -2.61. The SMILES string of the molecule is COc1cccc(CN2CCc3nnc([C@@H](C)NC(=O)C(C)C)n3CC2)c1OC. The second-order valence-electron chi connectivity index (χ2n) is 7.69. The summed E-state index contributed by atoms with van der Waals surface area (Å²) in [5, 5.41) is 11.8. The van der Waals surface area contributed by atoms with Crippen molar-refractivity contribution in [2.24, 2.45) is 5.92 Å². The summed E-state index contributed by atoms with van der Waals surface area (Å²) in [6, 6.07) is 5.80. The molecule has 8 nitrogen and oxygen atoms in total. The molecule has 0 bridgehead atoms. The first-order valence-corrected chi connectivity index (χ1v) is 10.1. The van der Waals surface area contributed by atoms with Gasteiger partial charge in [-0.2, -0.15) is 0 Å². The predicted octanol–water partition coefficient (Wildman–Crippen LogP) is 2.19. The van der Waals surface area contributed by atoms with Crippen LogP contribution in [-0.4, -0.2) is 52.9 Å². The largest absolute Gasteiger partial charge is 0.493 e. The normalized spacial score (nSPS) is 15.5. The standard InChI is InChI=1S/C21H31N5O3/c1-14(2)21(27)22-15(3)20-24-23-18-9-10-25(11-12-26(18)20)13-16-7-6-8-17(28-4)19(16)29-5/h6-8,14-15H,9-13H2,1-5H3,(H,22,27)/t15-/m1/s1. The Morgan fingerprint density at radius 2 is 1.93 bits per heavy atom. The molecule has 0 fully saturated rings. The number of carbonyl (C=O) groups is 1. The van der Waals surface area contributed by atoms with Gasteiger partial charge < -0.3 is 19.4 Å². The van der Waals surface area contributed by atoms with E-state index in [0.717, 1.165) is 61.3 Å². The molecular weight excluding hydrogens is 370 g/mol. The zero-order chi connectivity index (χ0) is 21.0. The monoisotopic (exact) mass is 401 g/mol. The lowest BCUT2D eigenvalue weighted by Gasteiger charge is -2.22. The van der Waals surface area contributed by atoms with Crippen molar-refractivity contribution in [3.63, 3.8) is 0 Å². The van der Waals surface area contributed by atoms with E-state index in [1.807, 2.05) is 32.9 Å². The second kappa shape index (κ2) is 9.26. The van der Waals surface area contributed by atoms with Crippen LogP contribution in [0.2, 0.25) is 0 Å². The van der Waals surface area contributed by atoms with Gasteiger partial charge in [0.25, 0.3) is 0 Å². The minimum absolute atomic E-state index is 0.0234. The van der Waals surface area contributed by atoms with E-state index in [4.69, 9.17) is 9.47 Å². The molecule has 158 valence electrons. The second-order valence-corrected chi connectivity index (χ2v) is 7.69. The lowest BCUT2D eigenvalue weighted by atomic mass is 10.1. The first-order valence-electron chi connectivity index (χ1n) is 10.1. The molecule has 1 N–H and O–H groups in total. The molecular formula is C21H31N5O3. The number of rotatable bonds is 7. The van der Waals surface area contributed by atoms with Crippen molar-refractivity contribution >= 4 is 5.91 Å². The summed E-state index contributed by atoms with van der Waals surface area (Å²) in [5.41, 5.74) is 1.10. The summed E-state index contributed by atoms with van der Waals surface area (Å²) in [6.45, 7) is 9.03. The van der Waals surface area contributed by atoms with Crippen molar-refractivity contribution in [2.45, 2.75) is 46.3 Å². The van der Waals surface area contributed by atoms with Crippen LogP contribution in [0.1, 0.15) is 44.0 Å². The van der Waals surface area contributed by atoms with Crippen molar-refractivity contribution in [1.29, 1.82) is 0 Å². The predicted molar refractivity (Wildman–Crippen MR) is 110 cm³/mol. The van der Waals surface area contributed by atoms with Gasteiger partial charge in [-0.05, 0) is 13.0 Å². The smallest absolute Gasteiger partial charge is 0.223 e. The molecule has 8 heteroatoms. The Bertz CT molecular complexity index is 849. The summed E-state index contributed by atoms with van der Waals surface area (Å²) in [5.74, 6) is 3.27. The van der Waals surface area contributed by atoms with Gasteiger partial charge in [0.2, 0.25) is 5.91 Å². The zero-order valence-corrected chi connectivity index (χ0v) is 17.9. The number of para-hydroxylation sites is 1. The van der Waals surface area contributed by atoms with Gasteiger partial charge in [-0.1, -0.05) is 26.0 Å². The van der Waals surface area contributed by atoms with Crippen molar-refractivity contribution in [3.8, 4) is 11.5 Å². The van der Waals surface area contributed by atoms with E-state index in [-0.39, 0.29) is 17.9 Å². The van der Waals surface area contributed by atoms with Crippen LogP contribution in [0.3, 0.4) is 0 Å². The third-order valence-electron chi connectivity index (χ3n) is 5.30. The quantitative estimate of drug-likeness (QED) is 0.766. The average Bonchev–Trinajstić information content (AvgIpc) is 3.02. The lowest BCUT2D eigenvalue weighted by Crippen LogP contribution is -2.32. The minimum atomic E-state index is -0.170. The topological polar surface area (TPSA) is 81.5 Å². The average molecular weight is 402 g/mol. The Morgan fingerprint density at radius 1 is 1.14 bits per heavy atom. The van der Waals surface area contributed by atoms with E-state index in [2.05, 4.69) is 31.0 Å². The number of nitrogens with zero attached hydrogens (tertiary/aromatic N) is 4. The lowest BCUT2D eigenvalue weighted by molar-refractivity contribution is -0.124. The van der Waals surface area contributed by atoms with Crippen LogP contribution in [0, 0.1) is 5.92 Å². The Morgan fingerprint density at radius 3 is 2.62 bits per heavy atom. The highest BCUT2D eigenvalue weighted by Gasteiger charge is 2.24. The first kappa shape index (κ1) is 21.1. The minimum Gasteiger partial charge on any atom is -0.493 e. The number of hydrogen-bond acceptors (Lipinski definition) is 6. The van der Waals surface area contributed by atoms with Crippen molar-refractivity contribution in [1.82, 2.24) is 25.0 Å². The number of methoxy groups -OCH3 is 2. The van der Waals surface area contributed by atoms with Crippen LogP contribution < -0.4 is 14.8 Å². The number of carbonyl (C=O) groups excluding carboxylic acids is 1. The highest BCUT2D eigenvalue weighted by Crippen LogP contribution is 2.31. The Balaban J connectivity index is 1.70. The number of ether oxygens (including phenoxy) is 2. The maximum absolute atomic E-state index is 12.1. The van der Waals surface area contributed by atoms with Gasteiger partial charge in [0.15, 0.2) is 17.3 Å². The fourth-order valence-corrected chi connectivity index (χ4v) is 3.63. The summed E-state index contributed by atoms with van der Waals surface area (Å²) < 4.78 is 13.1. The third kappa shape index (κ3) is 4.70. The van der Waals surface area contributed by atoms with E-state index < -0.39 is 0 Å². The molecule has 29 heavy (non-hydrogen) atoms. The van der Waals surface area contributed by atoms with Crippen molar-refractivity contribution < 1.29 is 14.3 Å². The highest BCUT2D eigenvalue weighted by atomic mass is 16.5. The molecule has 2 aromatic rings. The van der Waals surface area contributed by atoms with Crippen LogP contribution in [0.15, 0.2) is 18.2 Å².